The fraction of sp³-hybridized carbons (Fsp3) is 0.500. The molecule has 0 saturated carbocycles. The zero-order valence-electron chi connectivity index (χ0n) is 10.2. The van der Waals surface area contributed by atoms with Crippen LogP contribution in [0.25, 0.3) is 0 Å². The van der Waals surface area contributed by atoms with E-state index in [4.69, 9.17) is 0 Å². The molecule has 88 valence electrons. The second-order valence-electron chi connectivity index (χ2n) is 4.49. The van der Waals surface area contributed by atoms with Crippen LogP contribution >= 0.6 is 0 Å². The summed E-state index contributed by atoms with van der Waals surface area (Å²) in [6, 6.07) is 4.58. The molecule has 0 aliphatic heterocycles. The second kappa shape index (κ2) is 5.78. The summed E-state index contributed by atoms with van der Waals surface area (Å²) in [4.78, 5) is 11.9. The highest BCUT2D eigenvalue weighted by molar-refractivity contribution is 5.96. The Morgan fingerprint density at radius 1 is 1.44 bits per heavy atom. The lowest BCUT2D eigenvalue weighted by molar-refractivity contribution is 0.0962. The number of rotatable bonds is 5. The minimum Gasteiger partial charge on any atom is -0.294 e. The number of benzene rings is 1. The zero-order valence-corrected chi connectivity index (χ0v) is 10.2. The van der Waals surface area contributed by atoms with Crippen LogP contribution in [-0.2, 0) is 0 Å². The smallest absolute Gasteiger partial charge is 0.163 e. The SMILES string of the molecule is CCCC(C)CC(=O)c1ccc(F)c(C)c1. The van der Waals surface area contributed by atoms with Crippen LogP contribution in [0.4, 0.5) is 4.39 Å². The Balaban J connectivity index is 2.69. The normalized spacial score (nSPS) is 12.5. The van der Waals surface area contributed by atoms with E-state index >= 15 is 0 Å². The van der Waals surface area contributed by atoms with Crippen molar-refractivity contribution in [3.05, 3.63) is 35.1 Å². The van der Waals surface area contributed by atoms with Crippen molar-refractivity contribution in [2.45, 2.75) is 40.0 Å². The fourth-order valence-corrected chi connectivity index (χ4v) is 1.85. The third-order valence-electron chi connectivity index (χ3n) is 2.80. The van der Waals surface area contributed by atoms with Gasteiger partial charge in [0.1, 0.15) is 5.82 Å². The summed E-state index contributed by atoms with van der Waals surface area (Å²) < 4.78 is 13.0. The fourth-order valence-electron chi connectivity index (χ4n) is 1.85. The summed E-state index contributed by atoms with van der Waals surface area (Å²) in [5.74, 6) is 0.269. The van der Waals surface area contributed by atoms with Crippen LogP contribution in [0, 0.1) is 18.7 Å². The standard InChI is InChI=1S/C14H19FO/c1-4-5-10(2)8-14(16)12-6-7-13(15)11(3)9-12/h6-7,9-10H,4-5,8H2,1-3H3. The second-order valence-corrected chi connectivity index (χ2v) is 4.49. The highest BCUT2D eigenvalue weighted by Crippen LogP contribution is 2.16. The Morgan fingerprint density at radius 2 is 2.12 bits per heavy atom. The number of hydrogen-bond donors (Lipinski definition) is 0. The van der Waals surface area contributed by atoms with E-state index in [2.05, 4.69) is 13.8 Å². The predicted octanol–water partition coefficient (Wildman–Crippen LogP) is 4.14. The molecule has 1 nitrogen and oxygen atoms in total. The first-order chi connectivity index (χ1) is 7.54. The van der Waals surface area contributed by atoms with Gasteiger partial charge in [0, 0.05) is 12.0 Å². The molecule has 16 heavy (non-hydrogen) atoms. The first kappa shape index (κ1) is 12.9. The molecule has 0 aliphatic carbocycles. The monoisotopic (exact) mass is 222 g/mol. The van der Waals surface area contributed by atoms with Crippen LogP contribution in [-0.4, -0.2) is 5.78 Å². The molecule has 0 aromatic heterocycles. The summed E-state index contributed by atoms with van der Waals surface area (Å²) in [5.41, 5.74) is 1.16. The predicted molar refractivity (Wildman–Crippen MR) is 64.2 cm³/mol. The average molecular weight is 222 g/mol. The zero-order chi connectivity index (χ0) is 12.1. The Morgan fingerprint density at radius 3 is 2.69 bits per heavy atom. The van der Waals surface area contributed by atoms with Crippen molar-refractivity contribution in [3.8, 4) is 0 Å². The quantitative estimate of drug-likeness (QED) is 0.684. The van der Waals surface area contributed by atoms with Gasteiger partial charge in [-0.3, -0.25) is 4.79 Å². The average Bonchev–Trinajstić information content (AvgIpc) is 2.22. The highest BCUT2D eigenvalue weighted by atomic mass is 19.1. The van der Waals surface area contributed by atoms with Crippen molar-refractivity contribution in [1.29, 1.82) is 0 Å². The Hall–Kier alpha value is -1.18. The number of carbonyl (C=O) groups is 1. The molecule has 1 atom stereocenters. The Labute approximate surface area is 96.7 Å². The van der Waals surface area contributed by atoms with Crippen LogP contribution in [0.2, 0.25) is 0 Å². The highest BCUT2D eigenvalue weighted by Gasteiger charge is 2.11. The van der Waals surface area contributed by atoms with Gasteiger partial charge >= 0.3 is 0 Å². The van der Waals surface area contributed by atoms with Gasteiger partial charge in [-0.2, -0.15) is 0 Å². The van der Waals surface area contributed by atoms with Gasteiger partial charge in [-0.25, -0.2) is 4.39 Å². The molecule has 2 heteroatoms. The van der Waals surface area contributed by atoms with Gasteiger partial charge in [-0.05, 0) is 36.6 Å². The minimum atomic E-state index is -0.252. The van der Waals surface area contributed by atoms with Gasteiger partial charge in [0.05, 0.1) is 0 Å². The molecule has 1 rings (SSSR count). The van der Waals surface area contributed by atoms with E-state index in [0.29, 0.717) is 23.5 Å². The van der Waals surface area contributed by atoms with E-state index in [1.54, 1.807) is 19.1 Å². The Kier molecular flexibility index (Phi) is 4.66. The van der Waals surface area contributed by atoms with Crippen LogP contribution in [0.5, 0.6) is 0 Å². The van der Waals surface area contributed by atoms with Gasteiger partial charge in [0.15, 0.2) is 5.78 Å². The number of aryl methyl sites for hydroxylation is 1. The van der Waals surface area contributed by atoms with Crippen LogP contribution in [0.1, 0.15) is 49.0 Å². The molecule has 0 amide bonds. The molecule has 0 radical (unpaired) electrons. The molecular formula is C14H19FO. The summed E-state index contributed by atoms with van der Waals surface area (Å²) in [5, 5.41) is 0. The molecule has 0 saturated heterocycles. The number of halogens is 1. The minimum absolute atomic E-state index is 0.115. The first-order valence-electron chi connectivity index (χ1n) is 5.84. The first-order valence-corrected chi connectivity index (χ1v) is 5.84. The van der Waals surface area contributed by atoms with E-state index in [1.807, 2.05) is 0 Å². The molecule has 0 bridgehead atoms. The van der Waals surface area contributed by atoms with Gasteiger partial charge in [0.2, 0.25) is 0 Å². The maximum Gasteiger partial charge on any atom is 0.163 e. The van der Waals surface area contributed by atoms with Crippen LogP contribution < -0.4 is 0 Å². The van der Waals surface area contributed by atoms with E-state index < -0.39 is 0 Å². The van der Waals surface area contributed by atoms with E-state index in [1.165, 1.54) is 6.07 Å². The lowest BCUT2D eigenvalue weighted by Gasteiger charge is -2.09. The van der Waals surface area contributed by atoms with E-state index in [9.17, 15) is 9.18 Å². The Bertz CT molecular complexity index is 371. The van der Waals surface area contributed by atoms with Crippen LogP contribution in [0.15, 0.2) is 18.2 Å². The molecule has 0 fully saturated rings. The summed E-state index contributed by atoms with van der Waals surface area (Å²) in [6.45, 7) is 5.88. The number of hydrogen-bond acceptors (Lipinski definition) is 1. The number of carbonyl (C=O) groups excluding carboxylic acids is 1. The molecule has 0 N–H and O–H groups in total. The van der Waals surface area contributed by atoms with Crippen molar-refractivity contribution in [3.63, 3.8) is 0 Å². The third kappa shape index (κ3) is 3.44. The summed E-state index contributed by atoms with van der Waals surface area (Å²) in [7, 11) is 0. The van der Waals surface area contributed by atoms with Gasteiger partial charge < -0.3 is 0 Å². The van der Waals surface area contributed by atoms with Crippen molar-refractivity contribution in [2.75, 3.05) is 0 Å². The molecular weight excluding hydrogens is 203 g/mol. The lowest BCUT2D eigenvalue weighted by atomic mass is 9.95. The van der Waals surface area contributed by atoms with Crippen molar-refractivity contribution < 1.29 is 9.18 Å². The molecule has 1 unspecified atom stereocenters. The summed E-state index contributed by atoms with van der Waals surface area (Å²) >= 11 is 0. The molecule has 0 heterocycles. The van der Waals surface area contributed by atoms with Crippen molar-refractivity contribution >= 4 is 5.78 Å². The van der Waals surface area contributed by atoms with Crippen molar-refractivity contribution in [1.82, 2.24) is 0 Å². The topological polar surface area (TPSA) is 17.1 Å². The molecule has 1 aromatic carbocycles. The van der Waals surface area contributed by atoms with Crippen LogP contribution in [0.3, 0.4) is 0 Å². The van der Waals surface area contributed by atoms with Gasteiger partial charge in [0.25, 0.3) is 0 Å². The lowest BCUT2D eigenvalue weighted by Crippen LogP contribution is -2.06. The molecule has 1 aromatic rings. The summed E-state index contributed by atoms with van der Waals surface area (Å²) in [6.07, 6.45) is 2.71. The maximum atomic E-state index is 13.0. The third-order valence-corrected chi connectivity index (χ3v) is 2.80. The molecule has 0 spiro atoms. The molecule has 0 aliphatic rings. The van der Waals surface area contributed by atoms with E-state index in [0.717, 1.165) is 12.8 Å². The maximum absolute atomic E-state index is 13.0. The number of ketones is 1. The van der Waals surface area contributed by atoms with Crippen molar-refractivity contribution in [2.24, 2.45) is 5.92 Å². The number of Topliss-reactive ketones (excluding diaryl/α,β-unsaturated/α-hetero) is 1. The van der Waals surface area contributed by atoms with E-state index in [-0.39, 0.29) is 11.6 Å². The largest absolute Gasteiger partial charge is 0.294 e. The van der Waals surface area contributed by atoms with Gasteiger partial charge in [-0.1, -0.05) is 26.7 Å². The van der Waals surface area contributed by atoms with Gasteiger partial charge in [-0.15, -0.1) is 0 Å².